The highest BCUT2D eigenvalue weighted by molar-refractivity contribution is 7.17. The summed E-state index contributed by atoms with van der Waals surface area (Å²) in [5, 5.41) is 3.24. The van der Waals surface area contributed by atoms with Crippen molar-refractivity contribution in [3.8, 4) is 10.8 Å². The van der Waals surface area contributed by atoms with Gasteiger partial charge in [0.05, 0.1) is 5.69 Å². The first-order chi connectivity index (χ1) is 9.70. The minimum atomic E-state index is -1.12. The Labute approximate surface area is 126 Å². The molecule has 0 aliphatic rings. The third-order valence-corrected chi connectivity index (χ3v) is 4.17. The number of hydrogen-bond acceptors (Lipinski definition) is 5. The average Bonchev–Trinajstić information content (AvgIpc) is 2.94. The van der Waals surface area contributed by atoms with Crippen molar-refractivity contribution in [2.24, 2.45) is 5.73 Å². The van der Waals surface area contributed by atoms with Crippen molar-refractivity contribution in [1.29, 1.82) is 0 Å². The molecule has 0 aliphatic carbocycles. The van der Waals surface area contributed by atoms with E-state index in [9.17, 15) is 9.59 Å². The van der Waals surface area contributed by atoms with Crippen LogP contribution < -0.4 is 11.1 Å². The van der Waals surface area contributed by atoms with Gasteiger partial charge in [-0.1, -0.05) is 0 Å². The van der Waals surface area contributed by atoms with Gasteiger partial charge in [0.2, 0.25) is 5.91 Å². The monoisotopic (exact) mass is 307 g/mol. The van der Waals surface area contributed by atoms with Crippen molar-refractivity contribution in [3.05, 3.63) is 28.5 Å². The van der Waals surface area contributed by atoms with Crippen LogP contribution in [0.4, 0.5) is 0 Å². The number of aromatic nitrogens is 1. The summed E-state index contributed by atoms with van der Waals surface area (Å²) < 4.78 is 5.50. The number of carbonyl (C=O) groups is 2. The van der Waals surface area contributed by atoms with Crippen molar-refractivity contribution in [2.75, 3.05) is 0 Å². The number of thiazole rings is 1. The normalized spacial score (nSPS) is 11.4. The highest BCUT2D eigenvalue weighted by atomic mass is 32.1. The molecule has 7 heteroatoms. The fraction of sp³-hybridized carbons (Fsp3) is 0.357. The number of aryl methyl sites for hydroxylation is 2. The lowest BCUT2D eigenvalue weighted by atomic mass is 10.1. The minimum absolute atomic E-state index is 0.372. The van der Waals surface area contributed by atoms with E-state index >= 15 is 0 Å². The molecule has 2 rings (SSSR count). The summed E-state index contributed by atoms with van der Waals surface area (Å²) in [4.78, 5) is 28.3. The van der Waals surface area contributed by atoms with E-state index in [4.69, 9.17) is 10.2 Å². The number of carbonyl (C=O) groups excluding carboxylic acids is 2. The molecule has 112 valence electrons. The summed E-state index contributed by atoms with van der Waals surface area (Å²) in [6, 6.07) is 3.64. The minimum Gasteiger partial charge on any atom is -0.459 e. The first-order valence-corrected chi connectivity index (χ1v) is 7.19. The maximum absolute atomic E-state index is 12.3. The maximum atomic E-state index is 12.3. The molecule has 0 atom stereocenters. The molecular formula is C14H17N3O3S. The van der Waals surface area contributed by atoms with Gasteiger partial charge in [-0.05, 0) is 39.8 Å². The van der Waals surface area contributed by atoms with Gasteiger partial charge in [-0.3, -0.25) is 9.59 Å². The fourth-order valence-electron chi connectivity index (χ4n) is 1.66. The molecule has 0 saturated carbocycles. The highest BCUT2D eigenvalue weighted by Gasteiger charge is 2.29. The zero-order chi connectivity index (χ0) is 15.8. The molecule has 0 fully saturated rings. The molecule has 0 aromatic carbocycles. The lowest BCUT2D eigenvalue weighted by Crippen LogP contribution is -2.52. The number of primary amides is 1. The van der Waals surface area contributed by atoms with Crippen LogP contribution in [0.5, 0.6) is 0 Å². The van der Waals surface area contributed by atoms with Crippen molar-refractivity contribution in [3.63, 3.8) is 0 Å². The van der Waals surface area contributed by atoms with E-state index in [-0.39, 0.29) is 5.91 Å². The third-order valence-electron chi connectivity index (χ3n) is 3.00. The van der Waals surface area contributed by atoms with Gasteiger partial charge < -0.3 is 15.5 Å². The molecule has 0 radical (unpaired) electrons. The molecule has 0 unspecified atom stereocenters. The number of nitrogens with zero attached hydrogens (tertiary/aromatic N) is 1. The summed E-state index contributed by atoms with van der Waals surface area (Å²) >= 11 is 1.22. The van der Waals surface area contributed by atoms with Crippen LogP contribution in [-0.4, -0.2) is 22.3 Å². The molecule has 2 heterocycles. The van der Waals surface area contributed by atoms with E-state index in [1.165, 1.54) is 11.3 Å². The van der Waals surface area contributed by atoms with Gasteiger partial charge in [0.25, 0.3) is 5.91 Å². The molecule has 0 saturated heterocycles. The molecule has 0 spiro atoms. The number of furan rings is 1. The molecule has 0 bridgehead atoms. The first kappa shape index (κ1) is 15.2. The second-order valence-corrected chi connectivity index (χ2v) is 6.29. The second-order valence-electron chi connectivity index (χ2n) is 5.29. The van der Waals surface area contributed by atoms with Gasteiger partial charge in [0, 0.05) is 0 Å². The first-order valence-electron chi connectivity index (χ1n) is 6.37. The standard InChI is InChI=1S/C14H17N3O3S/c1-7-5-6-9(20-7)12-16-8(2)10(21-12)11(18)17-14(3,4)13(15)19/h5-6H,1-4H3,(H2,15,19)(H,17,18). The smallest absolute Gasteiger partial charge is 0.264 e. The predicted molar refractivity (Wildman–Crippen MR) is 80.0 cm³/mol. The molecule has 2 aromatic heterocycles. The van der Waals surface area contributed by atoms with Crippen LogP contribution in [0.2, 0.25) is 0 Å². The maximum Gasteiger partial charge on any atom is 0.264 e. The molecule has 21 heavy (non-hydrogen) atoms. The summed E-state index contributed by atoms with van der Waals surface area (Å²) in [6.45, 7) is 6.69. The molecule has 2 aromatic rings. The molecule has 6 nitrogen and oxygen atoms in total. The third kappa shape index (κ3) is 3.13. The molecule has 3 N–H and O–H groups in total. The van der Waals surface area contributed by atoms with Gasteiger partial charge in [-0.25, -0.2) is 4.98 Å². The number of nitrogens with one attached hydrogen (secondary N) is 1. The van der Waals surface area contributed by atoms with Gasteiger partial charge in [-0.2, -0.15) is 0 Å². The Morgan fingerprint density at radius 2 is 2.00 bits per heavy atom. The fourth-order valence-corrected chi connectivity index (χ4v) is 2.59. The van der Waals surface area contributed by atoms with Gasteiger partial charge in [0.15, 0.2) is 10.8 Å². The van der Waals surface area contributed by atoms with Crippen LogP contribution in [0.1, 0.15) is 35.0 Å². The second kappa shape index (κ2) is 5.33. The van der Waals surface area contributed by atoms with Crippen molar-refractivity contribution < 1.29 is 14.0 Å². The van der Waals surface area contributed by atoms with Crippen LogP contribution in [0.25, 0.3) is 10.8 Å². The number of hydrogen-bond donors (Lipinski definition) is 2. The van der Waals surface area contributed by atoms with E-state index < -0.39 is 11.4 Å². The van der Waals surface area contributed by atoms with Crippen LogP contribution in [0, 0.1) is 13.8 Å². The van der Waals surface area contributed by atoms with Crippen LogP contribution >= 0.6 is 11.3 Å². The highest BCUT2D eigenvalue weighted by Crippen LogP contribution is 2.29. The van der Waals surface area contributed by atoms with Gasteiger partial charge in [-0.15, -0.1) is 11.3 Å². The SMILES string of the molecule is Cc1ccc(-c2nc(C)c(C(=O)NC(C)(C)C(N)=O)s2)o1. The molecule has 0 aliphatic heterocycles. The Balaban J connectivity index is 2.27. The lowest BCUT2D eigenvalue weighted by Gasteiger charge is -2.21. The number of amides is 2. The zero-order valence-corrected chi connectivity index (χ0v) is 13.1. The van der Waals surface area contributed by atoms with Crippen molar-refractivity contribution in [1.82, 2.24) is 10.3 Å². The quantitative estimate of drug-likeness (QED) is 0.902. The number of nitrogens with two attached hydrogens (primary N) is 1. The predicted octanol–water partition coefficient (Wildman–Crippen LogP) is 2.01. The number of rotatable bonds is 4. The molecule has 2 amide bonds. The lowest BCUT2D eigenvalue weighted by molar-refractivity contribution is -0.122. The Kier molecular flexibility index (Phi) is 3.87. The van der Waals surface area contributed by atoms with Crippen LogP contribution in [-0.2, 0) is 4.79 Å². The van der Waals surface area contributed by atoms with Gasteiger partial charge >= 0.3 is 0 Å². The summed E-state index contributed by atoms with van der Waals surface area (Å²) in [5.41, 5.74) is 4.72. The Morgan fingerprint density at radius 3 is 2.52 bits per heavy atom. The van der Waals surface area contributed by atoms with E-state index in [0.717, 1.165) is 5.76 Å². The Hall–Kier alpha value is -2.15. The van der Waals surface area contributed by atoms with Gasteiger partial charge in [0.1, 0.15) is 16.2 Å². The molecular weight excluding hydrogens is 290 g/mol. The van der Waals surface area contributed by atoms with Crippen molar-refractivity contribution >= 4 is 23.2 Å². The zero-order valence-electron chi connectivity index (χ0n) is 12.3. The van der Waals surface area contributed by atoms with Crippen LogP contribution in [0.15, 0.2) is 16.5 Å². The van der Waals surface area contributed by atoms with E-state index in [0.29, 0.717) is 21.3 Å². The van der Waals surface area contributed by atoms with E-state index in [1.54, 1.807) is 20.8 Å². The summed E-state index contributed by atoms with van der Waals surface area (Å²) in [7, 11) is 0. The topological polar surface area (TPSA) is 98.2 Å². The summed E-state index contributed by atoms with van der Waals surface area (Å²) in [6.07, 6.45) is 0. The van der Waals surface area contributed by atoms with E-state index in [2.05, 4.69) is 10.3 Å². The van der Waals surface area contributed by atoms with E-state index in [1.807, 2.05) is 19.1 Å². The Morgan fingerprint density at radius 1 is 1.33 bits per heavy atom. The largest absolute Gasteiger partial charge is 0.459 e. The summed E-state index contributed by atoms with van der Waals surface area (Å²) in [5.74, 6) is 0.427. The van der Waals surface area contributed by atoms with Crippen LogP contribution in [0.3, 0.4) is 0 Å². The average molecular weight is 307 g/mol. The van der Waals surface area contributed by atoms with Crippen molar-refractivity contribution in [2.45, 2.75) is 33.2 Å². The Bertz CT molecular complexity index is 700.